The molecule has 0 aliphatic carbocycles. The van der Waals surface area contributed by atoms with Crippen LogP contribution < -0.4 is 10.0 Å². The zero-order valence-corrected chi connectivity index (χ0v) is 18.9. The lowest BCUT2D eigenvalue weighted by atomic mass is 10.00. The quantitative estimate of drug-likeness (QED) is 0.338. The Kier molecular flexibility index (Phi) is 5.92. The molecule has 174 valence electrons. The number of fused-ring (bicyclic) bond motifs is 1. The van der Waals surface area contributed by atoms with Gasteiger partial charge in [-0.15, -0.1) is 0 Å². The second kappa shape index (κ2) is 8.71. The van der Waals surface area contributed by atoms with Crippen molar-refractivity contribution < 1.29 is 26.8 Å². The highest BCUT2D eigenvalue weighted by atomic mass is 32.2. The molecule has 3 aromatic carbocycles. The number of ketones is 1. The van der Waals surface area contributed by atoms with Crippen molar-refractivity contribution in [2.24, 2.45) is 0 Å². The number of hydrogen-bond donors (Lipinski definition) is 3. The van der Waals surface area contributed by atoms with Gasteiger partial charge in [0.05, 0.1) is 11.9 Å². The standard InChI is InChI=1S/C24H19F2N3O4S/c1-13(30)15-7-16(20-6-4-17(25)11-21(20)26)9-19(8-15)27-24(31)23-10-14-3-5-18(12-22(14)28-23)29-34(2,32)33/h3-12,28-29H,1-2H3,(H,27,31). The van der Waals surface area contributed by atoms with Gasteiger partial charge in [0.2, 0.25) is 10.0 Å². The number of H-pyrrole nitrogens is 1. The number of carbonyl (C=O) groups is 2. The highest BCUT2D eigenvalue weighted by Crippen LogP contribution is 2.29. The molecule has 0 bridgehead atoms. The van der Waals surface area contributed by atoms with E-state index in [-0.39, 0.29) is 28.3 Å². The molecule has 0 radical (unpaired) electrons. The monoisotopic (exact) mass is 483 g/mol. The van der Waals surface area contributed by atoms with E-state index in [2.05, 4.69) is 15.0 Å². The van der Waals surface area contributed by atoms with Crippen LogP contribution in [0.1, 0.15) is 27.8 Å². The Morgan fingerprint density at radius 1 is 0.912 bits per heavy atom. The number of aromatic amines is 1. The molecule has 7 nitrogen and oxygen atoms in total. The van der Waals surface area contributed by atoms with Crippen molar-refractivity contribution in [1.29, 1.82) is 0 Å². The summed E-state index contributed by atoms with van der Waals surface area (Å²) in [4.78, 5) is 27.8. The number of rotatable bonds is 6. The first-order valence-corrected chi connectivity index (χ1v) is 11.9. The molecule has 1 aromatic heterocycles. The summed E-state index contributed by atoms with van der Waals surface area (Å²) in [6, 6.07) is 13.9. The molecule has 0 atom stereocenters. The first-order valence-electron chi connectivity index (χ1n) is 10.0. The van der Waals surface area contributed by atoms with Gasteiger partial charge < -0.3 is 10.3 Å². The molecule has 3 N–H and O–H groups in total. The number of hydrogen-bond acceptors (Lipinski definition) is 4. The lowest BCUT2D eigenvalue weighted by Gasteiger charge is -2.11. The second-order valence-electron chi connectivity index (χ2n) is 7.79. The number of nitrogens with one attached hydrogen (secondary N) is 3. The van der Waals surface area contributed by atoms with Gasteiger partial charge in [-0.1, -0.05) is 6.07 Å². The molecular weight excluding hydrogens is 464 g/mol. The predicted octanol–water partition coefficient (Wildman–Crippen LogP) is 4.94. The van der Waals surface area contributed by atoms with E-state index in [1.807, 2.05) is 0 Å². The van der Waals surface area contributed by atoms with Gasteiger partial charge in [-0.05, 0) is 61.0 Å². The number of aromatic nitrogens is 1. The SMILES string of the molecule is CC(=O)c1cc(NC(=O)c2cc3ccc(NS(C)(=O)=O)cc3[nH]2)cc(-c2ccc(F)cc2F)c1. The summed E-state index contributed by atoms with van der Waals surface area (Å²) < 4.78 is 52.9. The summed E-state index contributed by atoms with van der Waals surface area (Å²) in [5, 5.41) is 3.35. The lowest BCUT2D eigenvalue weighted by Crippen LogP contribution is -2.13. The predicted molar refractivity (Wildman–Crippen MR) is 127 cm³/mol. The molecule has 4 rings (SSSR count). The highest BCUT2D eigenvalue weighted by Gasteiger charge is 2.15. The fourth-order valence-electron chi connectivity index (χ4n) is 3.51. The average Bonchev–Trinajstić information content (AvgIpc) is 3.16. The molecule has 1 heterocycles. The van der Waals surface area contributed by atoms with Crippen molar-refractivity contribution in [3.63, 3.8) is 0 Å². The molecule has 0 saturated heterocycles. The Morgan fingerprint density at radius 3 is 2.35 bits per heavy atom. The molecular formula is C24H19F2N3O4S. The maximum absolute atomic E-state index is 14.3. The summed E-state index contributed by atoms with van der Waals surface area (Å²) in [5.41, 5.74) is 1.92. The normalized spacial score (nSPS) is 11.4. The summed E-state index contributed by atoms with van der Waals surface area (Å²) >= 11 is 0. The second-order valence-corrected chi connectivity index (χ2v) is 9.54. The zero-order valence-electron chi connectivity index (χ0n) is 18.1. The van der Waals surface area contributed by atoms with Crippen molar-refractivity contribution >= 4 is 44.0 Å². The Balaban J connectivity index is 1.66. The molecule has 0 unspecified atom stereocenters. The van der Waals surface area contributed by atoms with Gasteiger partial charge >= 0.3 is 0 Å². The Morgan fingerprint density at radius 2 is 1.68 bits per heavy atom. The van der Waals surface area contributed by atoms with Crippen molar-refractivity contribution in [3.05, 3.63) is 83.6 Å². The Bertz CT molecular complexity index is 1560. The van der Waals surface area contributed by atoms with Crippen LogP contribution in [0.5, 0.6) is 0 Å². The highest BCUT2D eigenvalue weighted by molar-refractivity contribution is 7.92. The summed E-state index contributed by atoms with van der Waals surface area (Å²) in [6.07, 6.45) is 1.03. The van der Waals surface area contributed by atoms with Crippen LogP contribution in [-0.2, 0) is 10.0 Å². The minimum atomic E-state index is -3.46. The average molecular weight is 483 g/mol. The van der Waals surface area contributed by atoms with E-state index in [1.165, 1.54) is 31.2 Å². The fourth-order valence-corrected chi connectivity index (χ4v) is 4.06. The van der Waals surface area contributed by atoms with Crippen molar-refractivity contribution in [3.8, 4) is 11.1 Å². The van der Waals surface area contributed by atoms with E-state index in [0.29, 0.717) is 22.2 Å². The van der Waals surface area contributed by atoms with E-state index in [9.17, 15) is 26.8 Å². The number of benzene rings is 3. The van der Waals surface area contributed by atoms with E-state index in [4.69, 9.17) is 0 Å². The van der Waals surface area contributed by atoms with Crippen LogP contribution in [0, 0.1) is 11.6 Å². The molecule has 1 amide bonds. The molecule has 0 saturated carbocycles. The van der Waals surface area contributed by atoms with Gasteiger partial charge in [-0.2, -0.15) is 0 Å². The number of carbonyl (C=O) groups excluding carboxylic acids is 2. The van der Waals surface area contributed by atoms with Crippen LogP contribution in [-0.4, -0.2) is 31.3 Å². The lowest BCUT2D eigenvalue weighted by molar-refractivity contribution is 0.101. The molecule has 10 heteroatoms. The molecule has 0 aliphatic rings. The first kappa shape index (κ1) is 23.1. The fraction of sp³-hybridized carbons (Fsp3) is 0.0833. The largest absolute Gasteiger partial charge is 0.350 e. The summed E-state index contributed by atoms with van der Waals surface area (Å²) in [6.45, 7) is 1.34. The van der Waals surface area contributed by atoms with Crippen LogP contribution in [0.4, 0.5) is 20.2 Å². The maximum atomic E-state index is 14.3. The summed E-state index contributed by atoms with van der Waals surface area (Å²) in [7, 11) is -3.46. The molecule has 4 aromatic rings. The smallest absolute Gasteiger partial charge is 0.272 e. The van der Waals surface area contributed by atoms with Crippen LogP contribution in [0.15, 0.2) is 60.7 Å². The zero-order chi connectivity index (χ0) is 24.6. The van der Waals surface area contributed by atoms with Gasteiger partial charge in [0, 0.05) is 33.8 Å². The van der Waals surface area contributed by atoms with Gasteiger partial charge in [-0.25, -0.2) is 17.2 Å². The van der Waals surface area contributed by atoms with Crippen LogP contribution in [0.2, 0.25) is 0 Å². The third-order valence-electron chi connectivity index (χ3n) is 5.01. The van der Waals surface area contributed by atoms with Gasteiger partial charge in [0.15, 0.2) is 5.78 Å². The minimum Gasteiger partial charge on any atom is -0.350 e. The number of sulfonamides is 1. The van der Waals surface area contributed by atoms with E-state index in [1.54, 1.807) is 24.3 Å². The third-order valence-corrected chi connectivity index (χ3v) is 5.62. The number of anilines is 2. The van der Waals surface area contributed by atoms with Gasteiger partial charge in [-0.3, -0.25) is 14.3 Å². The molecule has 0 aliphatic heterocycles. The third kappa shape index (κ3) is 5.12. The Labute approximate surface area is 193 Å². The van der Waals surface area contributed by atoms with E-state index in [0.717, 1.165) is 18.4 Å². The number of Topliss-reactive ketones (excluding diaryl/α,β-unsaturated/α-hetero) is 1. The van der Waals surface area contributed by atoms with Crippen LogP contribution in [0.25, 0.3) is 22.0 Å². The molecule has 34 heavy (non-hydrogen) atoms. The summed E-state index contributed by atoms with van der Waals surface area (Å²) in [5.74, 6) is -2.35. The number of amides is 1. The van der Waals surface area contributed by atoms with E-state index < -0.39 is 27.6 Å². The van der Waals surface area contributed by atoms with Crippen LogP contribution >= 0.6 is 0 Å². The molecule has 0 spiro atoms. The van der Waals surface area contributed by atoms with Crippen molar-refractivity contribution in [2.45, 2.75) is 6.92 Å². The van der Waals surface area contributed by atoms with E-state index >= 15 is 0 Å². The van der Waals surface area contributed by atoms with Crippen molar-refractivity contribution in [2.75, 3.05) is 16.3 Å². The van der Waals surface area contributed by atoms with Gasteiger partial charge in [0.25, 0.3) is 5.91 Å². The Hall–Kier alpha value is -4.05. The van der Waals surface area contributed by atoms with Crippen molar-refractivity contribution in [1.82, 2.24) is 4.98 Å². The van der Waals surface area contributed by atoms with Gasteiger partial charge in [0.1, 0.15) is 17.3 Å². The minimum absolute atomic E-state index is 0.0801. The molecule has 0 fully saturated rings. The topological polar surface area (TPSA) is 108 Å². The maximum Gasteiger partial charge on any atom is 0.272 e. The number of halogens is 2. The van der Waals surface area contributed by atoms with Crippen LogP contribution in [0.3, 0.4) is 0 Å². The first-order chi connectivity index (χ1) is 16.0.